The van der Waals surface area contributed by atoms with Gasteiger partial charge in [-0.05, 0) is 141 Å². The van der Waals surface area contributed by atoms with Crippen LogP contribution in [0.1, 0.15) is 72.0 Å². The van der Waals surface area contributed by atoms with Gasteiger partial charge in [-0.1, -0.05) is 115 Å². The molecule has 0 radical (unpaired) electrons. The van der Waals surface area contributed by atoms with Gasteiger partial charge in [0.1, 0.15) is 35.2 Å². The number of hydrogen-bond acceptors (Lipinski definition) is 10. The number of hydrogen-bond donors (Lipinski definition) is 0. The Morgan fingerprint density at radius 1 is 0.405 bits per heavy atom. The van der Waals surface area contributed by atoms with E-state index in [-0.39, 0.29) is 12.3 Å². The Kier molecular flexibility index (Phi) is 10.7. The number of rotatable bonds is 5. The zero-order chi connectivity index (χ0) is 58.9. The molecule has 0 fully saturated rings. The number of fused-ring (bicyclic) bond motifs is 12. The molecule has 0 spiro atoms. The van der Waals surface area contributed by atoms with Crippen LogP contribution in [0.3, 0.4) is 0 Å². The molecule has 10 nitrogen and oxygen atoms in total. The highest BCUT2D eigenvalue weighted by molar-refractivity contribution is 6.13. The van der Waals surface area contributed by atoms with Gasteiger partial charge in [-0.3, -0.25) is 0 Å². The number of furan rings is 3. The molecule has 0 N–H and O–H groups in total. The van der Waals surface area contributed by atoms with E-state index in [1.165, 1.54) is 4.90 Å². The van der Waals surface area contributed by atoms with Crippen LogP contribution in [0.2, 0.25) is 0 Å². The van der Waals surface area contributed by atoms with Gasteiger partial charge in [-0.2, -0.15) is 0 Å². The molecule has 0 bridgehead atoms. The second kappa shape index (κ2) is 19.2. The maximum Gasteiger partial charge on any atom is 0.159 e. The third-order valence-electron chi connectivity index (χ3n) is 16.2. The molecule has 0 aliphatic carbocycles. The van der Waals surface area contributed by atoms with Crippen LogP contribution in [0.5, 0.6) is 0 Å². The second-order valence-corrected chi connectivity index (χ2v) is 21.5. The van der Waals surface area contributed by atoms with Crippen LogP contribution in [-0.2, 0) is 0 Å². The van der Waals surface area contributed by atoms with E-state index >= 15 is 0 Å². The fourth-order valence-electron chi connectivity index (χ4n) is 12.7. The van der Waals surface area contributed by atoms with Crippen molar-refractivity contribution in [3.8, 4) is 0 Å². The molecule has 7 heterocycles. The van der Waals surface area contributed by atoms with Crippen LogP contribution in [-0.4, -0.2) is 42.5 Å². The first-order valence-corrected chi connectivity index (χ1v) is 27.2. The summed E-state index contributed by atoms with van der Waals surface area (Å²) in [4.78, 5) is 16.9. The maximum absolute atomic E-state index is 8.72. The predicted octanol–water partition coefficient (Wildman–Crippen LogP) is 18.4. The zero-order valence-corrected chi connectivity index (χ0v) is 46.3. The summed E-state index contributed by atoms with van der Waals surface area (Å²) in [7, 11) is 0. The highest BCUT2D eigenvalue weighted by Crippen LogP contribution is 2.52. The van der Waals surface area contributed by atoms with E-state index in [1.807, 2.05) is 113 Å². The molecule has 3 aliphatic heterocycles. The monoisotopic (exact) mass is 1050 g/mol. The van der Waals surface area contributed by atoms with Gasteiger partial charge in [0.2, 0.25) is 0 Å². The predicted molar refractivity (Wildman–Crippen MR) is 331 cm³/mol. The molecule has 3 unspecified atom stereocenters. The lowest BCUT2D eigenvalue weighted by atomic mass is 10.1. The number of aryl methyl sites for hydroxylation is 3. The van der Waals surface area contributed by atoms with Crippen molar-refractivity contribution in [1.82, 2.24) is 4.98 Å². The third kappa shape index (κ3) is 7.77. The number of pyridine rings is 1. The molecule has 8 aromatic carbocycles. The lowest BCUT2D eigenvalue weighted by Crippen LogP contribution is -2.42. The Morgan fingerprint density at radius 2 is 0.759 bits per heavy atom. The van der Waals surface area contributed by atoms with Gasteiger partial charge < -0.3 is 42.7 Å². The minimum absolute atomic E-state index is 0.00223. The van der Waals surface area contributed by atoms with Gasteiger partial charge in [-0.25, -0.2) is 4.98 Å². The van der Waals surface area contributed by atoms with Gasteiger partial charge in [0.15, 0.2) is 22.6 Å². The summed E-state index contributed by atoms with van der Waals surface area (Å²) in [5.41, 5.74) is 16.5. The van der Waals surface area contributed by atoms with Gasteiger partial charge in [-0.15, -0.1) is 0 Å². The molecule has 79 heavy (non-hydrogen) atoms. The van der Waals surface area contributed by atoms with Crippen molar-refractivity contribution < 1.29 is 20.1 Å². The normalized spacial score (nSPS) is 18.1. The summed E-state index contributed by atoms with van der Waals surface area (Å²) in [6.45, 7) is 18.0. The van der Waals surface area contributed by atoms with E-state index < -0.39 is 25.2 Å². The van der Waals surface area contributed by atoms with Crippen LogP contribution in [0, 0.1) is 20.8 Å². The van der Waals surface area contributed by atoms with Gasteiger partial charge >= 0.3 is 0 Å². The van der Waals surface area contributed by atoms with E-state index in [0.717, 1.165) is 122 Å². The SMILES string of the molecule is [2H]C(C)(C)N1c2ccccc2N(c2c(C)ccc3c2oc2ccccc23)C1C.[2H]C(C)(C)N1c2ccccc2N(c2c(C)ccc3c2oc2ccccc23)C1C.[2H]C([2H])([2H])N1c2cccnc2N(c2c(C)ccc3c2oc2ccccc23)C1C. The molecule has 4 aromatic heterocycles. The van der Waals surface area contributed by atoms with Crippen molar-refractivity contribution in [2.24, 2.45) is 0 Å². The average molecular weight is 1050 g/mol. The fourth-order valence-corrected chi connectivity index (χ4v) is 12.7. The molecule has 0 saturated heterocycles. The van der Waals surface area contributed by atoms with E-state index in [0.29, 0.717) is 11.5 Å². The molecular formula is C69H67N7O3. The van der Waals surface area contributed by atoms with E-state index in [1.54, 1.807) is 18.3 Å². The number of benzene rings is 8. The highest BCUT2D eigenvalue weighted by Gasteiger charge is 2.39. The Labute approximate surface area is 469 Å². The summed E-state index contributed by atoms with van der Waals surface area (Å²) < 4.78 is 60.5. The lowest BCUT2D eigenvalue weighted by Gasteiger charge is -2.33. The molecular weight excluding hydrogens is 975 g/mol. The van der Waals surface area contributed by atoms with Crippen molar-refractivity contribution in [1.29, 1.82) is 0 Å². The lowest BCUT2D eigenvalue weighted by molar-refractivity contribution is 0.603. The highest BCUT2D eigenvalue weighted by atomic mass is 16.3. The number of para-hydroxylation sites is 7. The quantitative estimate of drug-likeness (QED) is 0.166. The number of nitrogens with zero attached hydrogens (tertiary/aromatic N) is 7. The standard InChI is InChI=1S/2C24H24N2O.C21H19N3O/c2*1-15(2)25-17(4)26(21-11-7-6-10-20(21)25)23-16(3)13-14-19-18-9-5-8-12-22(18)27-24(19)23;1-13-10-11-16-15-7-4-5-9-18(15)25-20(16)19(13)24-14(2)23(3)17-8-6-12-22-21(17)24/h2*5-15,17H,1-4H3;4-12,14H,1-3H3/i2*15D;3D3. The Bertz CT molecular complexity index is 4080. The van der Waals surface area contributed by atoms with Gasteiger partial charge in [0, 0.05) is 61.6 Å². The zero-order valence-electron chi connectivity index (χ0n) is 51.3. The molecule has 396 valence electrons. The van der Waals surface area contributed by atoms with Crippen molar-refractivity contribution in [3.63, 3.8) is 0 Å². The van der Waals surface area contributed by atoms with Gasteiger partial charge in [0.25, 0.3) is 0 Å². The molecule has 3 atom stereocenters. The molecule has 0 saturated carbocycles. The van der Waals surface area contributed by atoms with Crippen LogP contribution < -0.4 is 29.4 Å². The molecule has 12 aromatic rings. The first-order chi connectivity index (χ1) is 40.1. The minimum atomic E-state index is -2.28. The van der Waals surface area contributed by atoms with E-state index in [2.05, 4.69) is 143 Å². The number of anilines is 9. The number of aromatic nitrogens is 1. The summed E-state index contributed by atoms with van der Waals surface area (Å²) in [5.74, 6) is 0.627. The molecule has 10 heteroatoms. The largest absolute Gasteiger partial charge is 0.454 e. The minimum Gasteiger partial charge on any atom is -0.454 e. The third-order valence-corrected chi connectivity index (χ3v) is 16.2. The molecule has 0 amide bonds. The average Bonchev–Trinajstić information content (AvgIpc) is 1.91. The van der Waals surface area contributed by atoms with Crippen molar-refractivity contribution in [2.45, 2.75) is 99.8 Å². The molecule has 3 aliphatic rings. The van der Waals surface area contributed by atoms with E-state index in [4.69, 9.17) is 20.1 Å². The molecule has 15 rings (SSSR count). The van der Waals surface area contributed by atoms with E-state index in [9.17, 15) is 0 Å². The van der Waals surface area contributed by atoms with Crippen molar-refractivity contribution >= 4 is 117 Å². The second-order valence-electron chi connectivity index (χ2n) is 21.5. The van der Waals surface area contributed by atoms with Gasteiger partial charge in [0.05, 0.1) is 48.2 Å². The van der Waals surface area contributed by atoms with Crippen molar-refractivity contribution in [3.05, 3.63) is 193 Å². The summed E-state index contributed by atoms with van der Waals surface area (Å²) in [6, 6.07) is 55.9. The maximum atomic E-state index is 8.72. The Balaban J connectivity index is 0.000000118. The van der Waals surface area contributed by atoms with Crippen LogP contribution in [0.4, 0.5) is 51.3 Å². The summed E-state index contributed by atoms with van der Waals surface area (Å²) in [6.07, 6.45) is 1.26. The topological polar surface area (TPSA) is 71.8 Å². The summed E-state index contributed by atoms with van der Waals surface area (Å²) in [5, 5.41) is 6.58. The first kappa shape index (κ1) is 44.1. The van der Waals surface area contributed by atoms with Crippen LogP contribution in [0.15, 0.2) is 189 Å². The fraction of sp³-hybridized carbons (Fsp3) is 0.232. The van der Waals surface area contributed by atoms with Crippen LogP contribution in [0.25, 0.3) is 65.8 Å². The smallest absolute Gasteiger partial charge is 0.159 e. The summed E-state index contributed by atoms with van der Waals surface area (Å²) >= 11 is 0. The first-order valence-electron chi connectivity index (χ1n) is 29.7. The Hall–Kier alpha value is -8.89. The van der Waals surface area contributed by atoms with Crippen LogP contribution >= 0.6 is 0 Å². The Morgan fingerprint density at radius 3 is 1.15 bits per heavy atom. The van der Waals surface area contributed by atoms with Crippen molar-refractivity contribution in [2.75, 3.05) is 36.4 Å².